The van der Waals surface area contributed by atoms with Gasteiger partial charge in [-0.2, -0.15) is 0 Å². The lowest BCUT2D eigenvalue weighted by atomic mass is 10.1. The molecule has 4 atom stereocenters. The van der Waals surface area contributed by atoms with Gasteiger partial charge in [-0.25, -0.2) is 28.8 Å². The summed E-state index contributed by atoms with van der Waals surface area (Å²) in [4.78, 5) is 191. The van der Waals surface area contributed by atoms with Crippen LogP contribution in [0.25, 0.3) is 0 Å². The minimum atomic E-state index is -1.46. The third-order valence-electron chi connectivity index (χ3n) is 21.1. The highest BCUT2D eigenvalue weighted by Crippen LogP contribution is 2.20. The summed E-state index contributed by atoms with van der Waals surface area (Å²) in [5, 5.41) is 48.8. The van der Waals surface area contributed by atoms with E-state index in [1.165, 1.54) is 6.92 Å². The summed E-state index contributed by atoms with van der Waals surface area (Å²) in [7, 11) is 3.11. The predicted molar refractivity (Wildman–Crippen MR) is 504 cm³/mol. The number of pyridine rings is 6. The van der Waals surface area contributed by atoms with Gasteiger partial charge in [-0.05, 0) is 231 Å². The number of carboxylic acid groups (broad SMARTS) is 4. The Balaban J connectivity index is 0.000000289. The molecule has 0 bridgehead atoms. The molecule has 38 nitrogen and oxygen atoms in total. The summed E-state index contributed by atoms with van der Waals surface area (Å²) in [6.07, 6.45) is 21.2. The van der Waals surface area contributed by atoms with Gasteiger partial charge in [-0.3, -0.25) is 78.2 Å². The zero-order chi connectivity index (χ0) is 99.0. The Morgan fingerprint density at radius 2 is 0.745 bits per heavy atom. The number of nitrogens with zero attached hydrogens (tertiary/aromatic N) is 10. The van der Waals surface area contributed by atoms with Crippen molar-refractivity contribution in [1.29, 1.82) is 0 Å². The van der Waals surface area contributed by atoms with Gasteiger partial charge in [0.2, 0.25) is 5.91 Å². The second kappa shape index (κ2) is 66.3. The van der Waals surface area contributed by atoms with Crippen LogP contribution in [0, 0.1) is 0 Å². The highest BCUT2D eigenvalue weighted by atomic mass is 16.7. The molecule has 1 aliphatic heterocycles. The van der Waals surface area contributed by atoms with E-state index >= 15 is 0 Å². The lowest BCUT2D eigenvalue weighted by Gasteiger charge is -2.21. The van der Waals surface area contributed by atoms with Crippen LogP contribution in [0.3, 0.4) is 0 Å². The lowest BCUT2D eigenvalue weighted by Crippen LogP contribution is -2.51. The number of hydroxylamine groups is 2. The molecule has 7 heterocycles. The molecule has 6 aromatic heterocycles. The zero-order valence-electron chi connectivity index (χ0n) is 78.1. The first-order valence-corrected chi connectivity index (χ1v) is 46.0. The normalized spacial score (nSPS) is 12.3. The van der Waals surface area contributed by atoms with Crippen molar-refractivity contribution >= 4 is 77.4 Å². The number of carbonyl (C=O) groups excluding carboxylic acids is 9. The molecule has 0 spiro atoms. The second-order valence-electron chi connectivity index (χ2n) is 32.2. The van der Waals surface area contributed by atoms with Crippen LogP contribution in [-0.4, -0.2) is 219 Å². The number of aromatic nitrogens is 6. The van der Waals surface area contributed by atoms with Crippen molar-refractivity contribution in [3.8, 4) is 11.5 Å². The van der Waals surface area contributed by atoms with Crippen LogP contribution in [0.4, 0.5) is 9.59 Å². The third kappa shape index (κ3) is 49.6. The number of benzene rings is 2. The fourth-order valence-corrected chi connectivity index (χ4v) is 13.7. The summed E-state index contributed by atoms with van der Waals surface area (Å²) in [6.45, 7) is 9.09. The molecule has 8 aromatic rings. The maximum atomic E-state index is 12.9. The van der Waals surface area contributed by atoms with E-state index in [2.05, 4.69) is 71.2 Å². The Kier molecular flexibility index (Phi) is 54.0. The molecule has 0 radical (unpaired) electrons. The highest BCUT2D eigenvalue weighted by molar-refractivity contribution is 6.01. The molecule has 0 aliphatic carbocycles. The minimum absolute atomic E-state index is 0.0420. The first-order valence-electron chi connectivity index (χ1n) is 46.0. The van der Waals surface area contributed by atoms with Crippen molar-refractivity contribution in [2.75, 3.05) is 46.9 Å². The average molecular weight is 1900 g/mol. The van der Waals surface area contributed by atoms with Crippen LogP contribution in [-0.2, 0) is 120 Å². The number of amides is 7. The van der Waals surface area contributed by atoms with Gasteiger partial charge in [0.1, 0.15) is 42.8 Å². The number of imide groups is 1. The minimum Gasteiger partial charge on any atom is -0.497 e. The molecule has 2 aromatic carbocycles. The fourth-order valence-electron chi connectivity index (χ4n) is 13.7. The van der Waals surface area contributed by atoms with E-state index in [1.54, 1.807) is 99.9 Å². The number of methoxy groups -OCH3 is 2. The number of Topliss-reactive ketones (excluding diaryl/α,β-unsaturated/α-hetero) is 1. The summed E-state index contributed by atoms with van der Waals surface area (Å²) >= 11 is 0. The van der Waals surface area contributed by atoms with Gasteiger partial charge >= 0.3 is 53.8 Å². The number of carbonyl (C=O) groups is 13. The van der Waals surface area contributed by atoms with Gasteiger partial charge in [-0.15, -0.1) is 5.06 Å². The standard InChI is InChI=1S/C32H46N6O8.C29H39N3O8.C21H24N4O4.C17H21N3O2/c39-28(35-20-10-7-14-26(30(42)43)36-32(46)37-27(31(44)45)16-17-29(40)41)15-4-2-1-3-11-21-38(22-24-12-5-8-18-33-24)23-25-13-6-9-19-34-25;1-20(33)25(6-4-5-17-30)31-29(36)32-26(28(35)40-19-22-9-13-24(38-3)14-10-22)15-16-27(34)39-18-21-7-11-23(37-2)12-8-21;26-19-10-11-20(27)25(19)29-21(28)9-3-6-14-24(15-17-7-1-4-12-22-17)16-18-8-2-5-13-23-18;21-17(22)9-3-6-12-20(13-15-7-1-4-10-18-15)14-16-8-2-5-11-19-16/h5-6,8-9,12-13,18-19,26-27H,1-4,7,10-11,14-17,20-23H2,(H,35,39)(H,40,41)(H,42,43)(H,44,45)(H2,36,37,46);7-14,25-26H,4-6,15-19,30H2,1-3H3,(H2,31,32,36);1-2,4-5,7-8,12-13H,3,6,9-11,14-16H2;1-2,4-5,7-8,10-11H,3,6,9,12-14H2,(H,21,22)/t26-,27-;25-,26-;;/m00../s1. The summed E-state index contributed by atoms with van der Waals surface area (Å²) in [5.74, 6) is -6.35. The van der Waals surface area contributed by atoms with Crippen molar-refractivity contribution < 1.29 is 107 Å². The number of ketones is 1. The fraction of sp³-hybridized carbons (Fsp3) is 0.444. The van der Waals surface area contributed by atoms with E-state index in [0.29, 0.717) is 99.7 Å². The number of hydrogen-bond donors (Lipinski definition) is 10. The average Bonchev–Trinajstić information content (AvgIpc) is 1.04. The number of carboxylic acids is 4. The summed E-state index contributed by atoms with van der Waals surface area (Å²) in [5.41, 5.74) is 13.0. The number of nitrogens with two attached hydrogens (primary N) is 1. The highest BCUT2D eigenvalue weighted by Gasteiger charge is 2.33. The van der Waals surface area contributed by atoms with Crippen LogP contribution in [0.1, 0.15) is 206 Å². The number of urea groups is 2. The number of esters is 2. The van der Waals surface area contributed by atoms with Crippen LogP contribution >= 0.6 is 0 Å². The Morgan fingerprint density at radius 1 is 0.387 bits per heavy atom. The number of unbranched alkanes of at least 4 members (excludes halogenated alkanes) is 8. The zero-order valence-corrected chi connectivity index (χ0v) is 78.1. The molecular formula is C99H130N16O22. The van der Waals surface area contributed by atoms with Gasteiger partial charge in [-0.1, -0.05) is 79.9 Å². The molecule has 11 N–H and O–H groups in total. The SMILES string of the molecule is COc1ccc(COC(=O)CC[C@H](NC(=O)N[C@@H](CCCCN)C(C)=O)C(=O)OCc2ccc(OC)cc2)cc1.O=C(CCCCN(Cc1ccccn1)Cc1ccccn1)ON1C(=O)CCC1=O.O=C(O)CCCCN(Cc1ccccn1)Cc1ccccn1.O=C(O)CC[C@H](NC(=O)N[C@@H](CCCCNC(=O)CCCCCCCN(Cc1ccccn1)Cc1ccccn1)C(=O)O)C(=O)O. The van der Waals surface area contributed by atoms with E-state index in [9.17, 15) is 67.4 Å². The van der Waals surface area contributed by atoms with Crippen LogP contribution < -0.4 is 41.8 Å². The van der Waals surface area contributed by atoms with Crippen LogP contribution in [0.15, 0.2) is 195 Å². The van der Waals surface area contributed by atoms with E-state index in [-0.39, 0.29) is 76.3 Å². The number of ether oxygens (including phenoxy) is 4. The number of aliphatic carboxylic acids is 4. The molecule has 0 unspecified atom stereocenters. The molecule has 7 amide bonds. The summed E-state index contributed by atoms with van der Waals surface area (Å²) < 4.78 is 21.0. The maximum absolute atomic E-state index is 12.9. The molecule has 738 valence electrons. The van der Waals surface area contributed by atoms with E-state index in [4.69, 9.17) is 44.8 Å². The van der Waals surface area contributed by atoms with Crippen molar-refractivity contribution in [1.82, 2.24) is 76.3 Å². The summed E-state index contributed by atoms with van der Waals surface area (Å²) in [6, 6.07) is 42.9. The van der Waals surface area contributed by atoms with E-state index < -0.39 is 96.2 Å². The topological polar surface area (TPSA) is 525 Å². The van der Waals surface area contributed by atoms with E-state index in [0.717, 1.165) is 130 Å². The number of rotatable bonds is 60. The molecule has 1 fully saturated rings. The van der Waals surface area contributed by atoms with Crippen molar-refractivity contribution in [3.63, 3.8) is 0 Å². The quantitative estimate of drug-likeness (QED) is 0.00961. The van der Waals surface area contributed by atoms with Gasteiger partial charge in [0, 0.05) is 128 Å². The molecule has 1 saturated heterocycles. The van der Waals surface area contributed by atoms with Gasteiger partial charge < -0.3 is 76.5 Å². The monoisotopic (exact) mass is 1890 g/mol. The third-order valence-corrected chi connectivity index (χ3v) is 21.1. The molecule has 0 saturated carbocycles. The predicted octanol–water partition coefficient (Wildman–Crippen LogP) is 11.2. The first kappa shape index (κ1) is 112. The Morgan fingerprint density at radius 3 is 1.14 bits per heavy atom. The van der Waals surface area contributed by atoms with Crippen molar-refractivity contribution in [2.45, 2.75) is 238 Å². The van der Waals surface area contributed by atoms with Crippen molar-refractivity contribution in [3.05, 3.63) is 240 Å². The Labute approximate surface area is 798 Å². The van der Waals surface area contributed by atoms with Crippen molar-refractivity contribution in [2.24, 2.45) is 5.73 Å². The number of nitrogens with one attached hydrogen (secondary N) is 5. The molecular weight excluding hydrogens is 1770 g/mol. The molecule has 38 heteroatoms. The van der Waals surface area contributed by atoms with Crippen LogP contribution in [0.2, 0.25) is 0 Å². The molecule has 137 heavy (non-hydrogen) atoms. The van der Waals surface area contributed by atoms with Gasteiger partial charge in [0.15, 0.2) is 5.78 Å². The Bertz CT molecular complexity index is 4760. The van der Waals surface area contributed by atoms with E-state index in [1.807, 2.05) is 109 Å². The largest absolute Gasteiger partial charge is 0.497 e. The Hall–Kier alpha value is -14.1. The smallest absolute Gasteiger partial charge is 0.333 e. The van der Waals surface area contributed by atoms with Gasteiger partial charge in [0.25, 0.3) is 11.8 Å². The first-order chi connectivity index (χ1) is 66.2. The maximum Gasteiger partial charge on any atom is 0.333 e. The second-order valence-corrected chi connectivity index (χ2v) is 32.2. The molecule has 9 rings (SSSR count). The lowest BCUT2D eigenvalue weighted by molar-refractivity contribution is -0.197. The molecule has 1 aliphatic rings. The number of hydrogen-bond acceptors (Lipinski definition) is 28. The van der Waals surface area contributed by atoms with Gasteiger partial charge in [0.05, 0.1) is 54.4 Å². The van der Waals surface area contributed by atoms with Crippen LogP contribution in [0.5, 0.6) is 11.5 Å².